The molecule has 2 heterocycles. The summed E-state index contributed by atoms with van der Waals surface area (Å²) in [5.41, 5.74) is -0.803. The Bertz CT molecular complexity index is 1380. The number of anilines is 2. The van der Waals surface area contributed by atoms with E-state index in [4.69, 9.17) is 0 Å². The highest BCUT2D eigenvalue weighted by atomic mass is 32.3. The first-order chi connectivity index (χ1) is 15.9. The molecule has 1 aliphatic rings. The fourth-order valence-corrected chi connectivity index (χ4v) is 4.10. The van der Waals surface area contributed by atoms with Crippen LogP contribution in [0.4, 0.5) is 28.4 Å². The minimum absolute atomic E-state index is 0.00645. The smallest absolute Gasteiger partial charge is 0.319 e. The number of carbonyl (C=O) groups is 2. The van der Waals surface area contributed by atoms with E-state index < -0.39 is 38.7 Å². The van der Waals surface area contributed by atoms with E-state index in [1.165, 1.54) is 40.0 Å². The van der Waals surface area contributed by atoms with Crippen LogP contribution in [0.25, 0.3) is 0 Å². The third kappa shape index (κ3) is 4.38. The Morgan fingerprint density at radius 1 is 1.15 bits per heavy atom. The molecule has 1 N–H and O–H groups in total. The molecular weight excluding hydrogens is 480 g/mol. The lowest BCUT2D eigenvalue weighted by Gasteiger charge is -2.32. The first-order valence-corrected chi connectivity index (χ1v) is 11.2. The topological polar surface area (TPSA) is 101 Å². The van der Waals surface area contributed by atoms with Crippen LogP contribution in [-0.2, 0) is 16.4 Å². The monoisotopic (exact) mass is 496 g/mol. The van der Waals surface area contributed by atoms with E-state index in [2.05, 4.69) is 10.4 Å². The zero-order chi connectivity index (χ0) is 24.8. The maximum Gasteiger partial charge on any atom is 0.416 e. The van der Waals surface area contributed by atoms with Gasteiger partial charge in [0.15, 0.2) is 5.69 Å². The molecule has 0 saturated carbocycles. The van der Waals surface area contributed by atoms with Crippen molar-refractivity contribution in [2.75, 3.05) is 16.8 Å². The van der Waals surface area contributed by atoms with Crippen LogP contribution in [0.1, 0.15) is 39.4 Å². The number of nitrogens with zero attached hydrogens (tertiary/aromatic N) is 3. The molecule has 0 aliphatic carbocycles. The lowest BCUT2D eigenvalue weighted by atomic mass is 10.1. The van der Waals surface area contributed by atoms with Crippen molar-refractivity contribution in [1.29, 1.82) is 0 Å². The van der Waals surface area contributed by atoms with Gasteiger partial charge in [-0.25, -0.2) is 0 Å². The molecule has 1 aromatic heterocycles. The highest BCUT2D eigenvalue weighted by Gasteiger charge is 2.35. The summed E-state index contributed by atoms with van der Waals surface area (Å²) in [4.78, 5) is 26.4. The Kier molecular flexibility index (Phi) is 5.67. The van der Waals surface area contributed by atoms with E-state index in [0.717, 1.165) is 24.3 Å². The first kappa shape index (κ1) is 23.4. The Hall–Kier alpha value is -3.74. The Morgan fingerprint density at radius 3 is 2.44 bits per heavy atom. The number of alkyl halides is 3. The van der Waals surface area contributed by atoms with E-state index in [9.17, 15) is 35.1 Å². The fraction of sp³-hybridized carbons (Fsp3) is 0.190. The standard InChI is InChI=1S/C21H16F4N4O4S/c1-12-11-28(15-7-5-14(6-8-15)21(22,23)24)20(31)18-17(10-26-29(12)18)27-19(30)13-3-2-4-16(9-13)34(25,32)33/h2-10,12H,11H2,1H3,(H,27,30)/t12-/m0/s1. The second kappa shape index (κ2) is 8.24. The molecule has 0 saturated heterocycles. The molecule has 2 amide bonds. The summed E-state index contributed by atoms with van der Waals surface area (Å²) >= 11 is 0. The van der Waals surface area contributed by atoms with Crippen molar-refractivity contribution < 1.29 is 35.1 Å². The van der Waals surface area contributed by atoms with Crippen LogP contribution >= 0.6 is 0 Å². The minimum Gasteiger partial charge on any atom is -0.319 e. The van der Waals surface area contributed by atoms with Gasteiger partial charge in [-0.1, -0.05) is 6.07 Å². The van der Waals surface area contributed by atoms with Crippen LogP contribution in [0, 0.1) is 0 Å². The van der Waals surface area contributed by atoms with Gasteiger partial charge in [-0.2, -0.15) is 26.7 Å². The molecule has 0 unspecified atom stereocenters. The van der Waals surface area contributed by atoms with Crippen LogP contribution in [0.2, 0.25) is 0 Å². The molecule has 2 aromatic carbocycles. The number of hydrogen-bond acceptors (Lipinski definition) is 5. The summed E-state index contributed by atoms with van der Waals surface area (Å²) in [6.07, 6.45) is -3.29. The summed E-state index contributed by atoms with van der Waals surface area (Å²) in [6.45, 7) is 1.86. The molecule has 3 aromatic rings. The second-order valence-electron chi connectivity index (χ2n) is 7.58. The van der Waals surface area contributed by atoms with Crippen molar-refractivity contribution >= 4 is 33.4 Å². The molecule has 1 aliphatic heterocycles. The number of carbonyl (C=O) groups excluding carboxylic acids is 2. The van der Waals surface area contributed by atoms with E-state index >= 15 is 0 Å². The maximum absolute atomic E-state index is 13.3. The molecule has 4 rings (SSSR count). The van der Waals surface area contributed by atoms with Gasteiger partial charge in [-0.05, 0) is 49.4 Å². The van der Waals surface area contributed by atoms with Crippen molar-refractivity contribution in [3.05, 3.63) is 71.5 Å². The number of aromatic nitrogens is 2. The Morgan fingerprint density at radius 2 is 1.82 bits per heavy atom. The van der Waals surface area contributed by atoms with Crippen LogP contribution in [0.15, 0.2) is 59.6 Å². The summed E-state index contributed by atoms with van der Waals surface area (Å²) in [6, 6.07) is 8.01. The molecule has 0 bridgehead atoms. The molecule has 8 nitrogen and oxygen atoms in total. The van der Waals surface area contributed by atoms with Gasteiger partial charge in [0.2, 0.25) is 0 Å². The zero-order valence-corrected chi connectivity index (χ0v) is 18.2. The number of amides is 2. The molecule has 0 fully saturated rings. The van der Waals surface area contributed by atoms with Crippen molar-refractivity contribution in [3.63, 3.8) is 0 Å². The van der Waals surface area contributed by atoms with Crippen molar-refractivity contribution in [3.8, 4) is 0 Å². The van der Waals surface area contributed by atoms with Crippen molar-refractivity contribution in [2.24, 2.45) is 0 Å². The highest BCUT2D eigenvalue weighted by molar-refractivity contribution is 7.86. The molecule has 0 radical (unpaired) electrons. The third-order valence-corrected chi connectivity index (χ3v) is 6.06. The van der Waals surface area contributed by atoms with Gasteiger partial charge in [0.1, 0.15) is 0 Å². The third-order valence-electron chi connectivity index (χ3n) is 5.24. The highest BCUT2D eigenvalue weighted by Crippen LogP contribution is 2.33. The second-order valence-corrected chi connectivity index (χ2v) is 8.93. The molecule has 1 atom stereocenters. The summed E-state index contributed by atoms with van der Waals surface area (Å²) in [5.74, 6) is -1.42. The number of hydrogen-bond donors (Lipinski definition) is 1. The number of fused-ring (bicyclic) bond motifs is 1. The van der Waals surface area contributed by atoms with E-state index in [-0.39, 0.29) is 35.2 Å². The van der Waals surface area contributed by atoms with Crippen molar-refractivity contribution in [1.82, 2.24) is 9.78 Å². The average molecular weight is 496 g/mol. The van der Waals surface area contributed by atoms with Crippen LogP contribution < -0.4 is 10.2 Å². The Labute approximate surface area is 191 Å². The van der Waals surface area contributed by atoms with Gasteiger partial charge in [-0.3, -0.25) is 14.3 Å². The van der Waals surface area contributed by atoms with Gasteiger partial charge in [-0.15, -0.1) is 3.89 Å². The summed E-state index contributed by atoms with van der Waals surface area (Å²) < 4.78 is 75.5. The summed E-state index contributed by atoms with van der Waals surface area (Å²) in [7, 11) is -5.03. The molecule has 0 spiro atoms. The van der Waals surface area contributed by atoms with Gasteiger partial charge >= 0.3 is 16.4 Å². The fourth-order valence-electron chi connectivity index (χ4n) is 3.59. The van der Waals surface area contributed by atoms with E-state index in [1.807, 2.05) is 0 Å². The molecule has 178 valence electrons. The lowest BCUT2D eigenvalue weighted by molar-refractivity contribution is -0.137. The van der Waals surface area contributed by atoms with Crippen LogP contribution in [-0.4, -0.2) is 36.6 Å². The molecule has 13 heteroatoms. The molecule has 34 heavy (non-hydrogen) atoms. The van der Waals surface area contributed by atoms with Crippen LogP contribution in [0.5, 0.6) is 0 Å². The SMILES string of the molecule is C[C@H]1CN(c2ccc(C(F)(F)F)cc2)C(=O)c2c(NC(=O)c3cccc(S(=O)(=O)F)c3)cnn21. The number of benzene rings is 2. The predicted molar refractivity (Wildman–Crippen MR) is 113 cm³/mol. The first-order valence-electron chi connectivity index (χ1n) is 9.79. The van der Waals surface area contributed by atoms with Crippen LogP contribution in [0.3, 0.4) is 0 Å². The van der Waals surface area contributed by atoms with Gasteiger partial charge in [0, 0.05) is 17.8 Å². The summed E-state index contributed by atoms with van der Waals surface area (Å²) in [5, 5.41) is 6.58. The number of nitrogens with one attached hydrogen (secondary N) is 1. The zero-order valence-electron chi connectivity index (χ0n) is 17.4. The largest absolute Gasteiger partial charge is 0.416 e. The normalized spacial score (nSPS) is 16.3. The minimum atomic E-state index is -5.03. The Balaban J connectivity index is 1.63. The van der Waals surface area contributed by atoms with E-state index in [0.29, 0.717) is 0 Å². The van der Waals surface area contributed by atoms with Crippen molar-refractivity contribution in [2.45, 2.75) is 24.0 Å². The number of rotatable bonds is 4. The van der Waals surface area contributed by atoms with Gasteiger partial charge < -0.3 is 10.2 Å². The van der Waals surface area contributed by atoms with E-state index in [1.54, 1.807) is 6.92 Å². The lowest BCUT2D eigenvalue weighted by Crippen LogP contribution is -2.43. The maximum atomic E-state index is 13.3. The van der Waals surface area contributed by atoms with Gasteiger partial charge in [0.25, 0.3) is 11.8 Å². The number of halogens is 4. The average Bonchev–Trinajstić information content (AvgIpc) is 3.20. The predicted octanol–water partition coefficient (Wildman–Crippen LogP) is 4.03. The quantitative estimate of drug-likeness (QED) is 0.434. The molecular formula is C21H16F4N4O4S. The van der Waals surface area contributed by atoms with Gasteiger partial charge in [0.05, 0.1) is 28.4 Å².